The molecule has 1 atom stereocenters. The maximum Gasteiger partial charge on any atom is 0.261 e. The van der Waals surface area contributed by atoms with E-state index in [1.165, 1.54) is 4.31 Å². The normalized spacial score (nSPS) is 22.0. The maximum absolute atomic E-state index is 12.5. The number of imide groups is 1. The number of benzene rings is 1. The highest BCUT2D eigenvalue weighted by Crippen LogP contribution is 2.23. The summed E-state index contributed by atoms with van der Waals surface area (Å²) in [5.74, 6) is -1.24. The molecular formula is C16H20N2O5S. The van der Waals surface area contributed by atoms with Crippen LogP contribution in [-0.4, -0.2) is 66.5 Å². The molecule has 0 bridgehead atoms. The molecule has 0 aliphatic carbocycles. The van der Waals surface area contributed by atoms with Crippen LogP contribution in [-0.2, 0) is 10.0 Å². The molecule has 0 spiro atoms. The Morgan fingerprint density at radius 1 is 1.12 bits per heavy atom. The Bertz CT molecular complexity index is 726. The van der Waals surface area contributed by atoms with Crippen molar-refractivity contribution in [2.24, 2.45) is 5.92 Å². The second-order valence-corrected chi connectivity index (χ2v) is 8.26. The summed E-state index contributed by atoms with van der Waals surface area (Å²) in [5, 5.41) is 9.23. The van der Waals surface area contributed by atoms with Gasteiger partial charge in [-0.3, -0.25) is 14.5 Å². The number of hydrogen-bond acceptors (Lipinski definition) is 5. The molecule has 0 saturated carbocycles. The second kappa shape index (κ2) is 6.62. The van der Waals surface area contributed by atoms with E-state index in [4.69, 9.17) is 0 Å². The van der Waals surface area contributed by atoms with Crippen molar-refractivity contribution in [1.82, 2.24) is 9.21 Å². The van der Waals surface area contributed by atoms with Gasteiger partial charge in [0.2, 0.25) is 10.0 Å². The van der Waals surface area contributed by atoms with Crippen LogP contribution in [0.3, 0.4) is 0 Å². The van der Waals surface area contributed by atoms with Gasteiger partial charge in [-0.15, -0.1) is 0 Å². The van der Waals surface area contributed by atoms with Gasteiger partial charge in [0.15, 0.2) is 0 Å². The Morgan fingerprint density at radius 3 is 2.33 bits per heavy atom. The highest BCUT2D eigenvalue weighted by Gasteiger charge is 2.36. The molecule has 0 aromatic heterocycles. The molecule has 2 aliphatic rings. The fourth-order valence-electron chi connectivity index (χ4n) is 3.21. The van der Waals surface area contributed by atoms with Crippen LogP contribution in [0.5, 0.6) is 0 Å². The molecule has 1 fully saturated rings. The van der Waals surface area contributed by atoms with Crippen molar-refractivity contribution in [1.29, 1.82) is 0 Å². The van der Waals surface area contributed by atoms with E-state index >= 15 is 0 Å². The van der Waals surface area contributed by atoms with Crippen LogP contribution in [0.25, 0.3) is 0 Å². The molecule has 7 nitrogen and oxygen atoms in total. The van der Waals surface area contributed by atoms with Crippen LogP contribution >= 0.6 is 0 Å². The fraction of sp³-hybridized carbons (Fsp3) is 0.500. The number of aliphatic hydroxyl groups excluding tert-OH is 1. The van der Waals surface area contributed by atoms with Crippen molar-refractivity contribution in [3.05, 3.63) is 35.4 Å². The molecule has 8 heteroatoms. The van der Waals surface area contributed by atoms with E-state index in [0.29, 0.717) is 30.6 Å². The van der Waals surface area contributed by atoms with E-state index in [0.717, 1.165) is 11.3 Å². The lowest BCUT2D eigenvalue weighted by Gasteiger charge is -2.31. The van der Waals surface area contributed by atoms with Gasteiger partial charge in [0, 0.05) is 26.2 Å². The average molecular weight is 352 g/mol. The maximum atomic E-state index is 12.5. The number of carbonyl (C=O) groups excluding carboxylic acids is 2. The zero-order valence-electron chi connectivity index (χ0n) is 13.2. The zero-order valence-corrected chi connectivity index (χ0v) is 14.0. The Kier molecular flexibility index (Phi) is 4.71. The van der Waals surface area contributed by atoms with Gasteiger partial charge in [-0.1, -0.05) is 12.1 Å². The van der Waals surface area contributed by atoms with Gasteiger partial charge in [0.25, 0.3) is 11.8 Å². The number of piperidine rings is 1. The van der Waals surface area contributed by atoms with Gasteiger partial charge >= 0.3 is 0 Å². The first-order valence-corrected chi connectivity index (χ1v) is 9.59. The van der Waals surface area contributed by atoms with Gasteiger partial charge < -0.3 is 5.11 Å². The van der Waals surface area contributed by atoms with Crippen LogP contribution in [0.2, 0.25) is 0 Å². The predicted molar refractivity (Wildman–Crippen MR) is 87.0 cm³/mol. The van der Waals surface area contributed by atoms with Crippen LogP contribution < -0.4 is 0 Å². The zero-order chi connectivity index (χ0) is 17.3. The number of fused-ring (bicyclic) bond motifs is 1. The standard InChI is InChI=1S/C16H20N2O5S/c19-11-12-4-3-7-17(10-12)24(22,23)9-8-18-15(20)13-5-1-2-6-14(13)16(18)21/h1-2,5-6,12,19H,3-4,7-11H2. The molecule has 1 unspecified atom stereocenters. The van der Waals surface area contributed by atoms with Crippen LogP contribution in [0, 0.1) is 5.92 Å². The summed E-state index contributed by atoms with van der Waals surface area (Å²) in [5.41, 5.74) is 0.636. The van der Waals surface area contributed by atoms with E-state index in [9.17, 15) is 23.1 Å². The number of sulfonamides is 1. The third-order valence-corrected chi connectivity index (χ3v) is 6.40. The highest BCUT2D eigenvalue weighted by molar-refractivity contribution is 7.89. The molecule has 2 amide bonds. The van der Waals surface area contributed by atoms with Crippen molar-refractivity contribution in [3.8, 4) is 0 Å². The molecular weight excluding hydrogens is 332 g/mol. The number of nitrogens with zero attached hydrogens (tertiary/aromatic N) is 2. The second-order valence-electron chi connectivity index (χ2n) is 6.17. The van der Waals surface area contributed by atoms with E-state index < -0.39 is 21.8 Å². The van der Waals surface area contributed by atoms with Gasteiger partial charge in [0.1, 0.15) is 0 Å². The monoisotopic (exact) mass is 352 g/mol. The van der Waals surface area contributed by atoms with Crippen molar-refractivity contribution >= 4 is 21.8 Å². The van der Waals surface area contributed by atoms with Gasteiger partial charge in [-0.2, -0.15) is 0 Å². The topological polar surface area (TPSA) is 95.0 Å². The number of aliphatic hydroxyl groups is 1. The molecule has 1 aromatic rings. The van der Waals surface area contributed by atoms with Crippen molar-refractivity contribution in [2.75, 3.05) is 32.0 Å². The van der Waals surface area contributed by atoms with E-state index in [1.807, 2.05) is 0 Å². The lowest BCUT2D eigenvalue weighted by molar-refractivity contribution is 0.0663. The molecule has 1 aromatic carbocycles. The van der Waals surface area contributed by atoms with Crippen molar-refractivity contribution in [2.45, 2.75) is 12.8 Å². The van der Waals surface area contributed by atoms with E-state index in [1.54, 1.807) is 24.3 Å². The predicted octanol–water partition coefficient (Wildman–Crippen LogP) is 0.317. The number of rotatable bonds is 5. The SMILES string of the molecule is O=C1c2ccccc2C(=O)N1CCS(=O)(=O)N1CCCC(CO)C1. The Hall–Kier alpha value is -1.77. The molecule has 1 N–H and O–H groups in total. The van der Waals surface area contributed by atoms with Gasteiger partial charge in [0.05, 0.1) is 16.9 Å². The van der Waals surface area contributed by atoms with Gasteiger partial charge in [-0.25, -0.2) is 12.7 Å². The smallest absolute Gasteiger partial charge is 0.261 e. The quantitative estimate of drug-likeness (QED) is 0.770. The summed E-state index contributed by atoms with van der Waals surface area (Å²) in [6.45, 7) is 0.515. The van der Waals surface area contributed by atoms with Gasteiger partial charge in [-0.05, 0) is 30.9 Å². The summed E-state index contributed by atoms with van der Waals surface area (Å²) >= 11 is 0. The van der Waals surface area contributed by atoms with Crippen LogP contribution in [0.4, 0.5) is 0 Å². The summed E-state index contributed by atoms with van der Waals surface area (Å²) in [6.07, 6.45) is 1.51. The molecule has 0 radical (unpaired) electrons. The summed E-state index contributed by atoms with van der Waals surface area (Å²) in [4.78, 5) is 25.5. The minimum absolute atomic E-state index is 0.0373. The minimum atomic E-state index is -3.57. The van der Waals surface area contributed by atoms with Crippen molar-refractivity contribution < 1.29 is 23.1 Å². The average Bonchev–Trinajstić information content (AvgIpc) is 2.84. The number of carbonyl (C=O) groups is 2. The van der Waals surface area contributed by atoms with E-state index in [2.05, 4.69) is 0 Å². The van der Waals surface area contributed by atoms with Crippen molar-refractivity contribution in [3.63, 3.8) is 0 Å². The fourth-order valence-corrected chi connectivity index (χ4v) is 4.72. The molecule has 2 aliphatic heterocycles. The largest absolute Gasteiger partial charge is 0.396 e. The first kappa shape index (κ1) is 17.1. The number of amides is 2. The highest BCUT2D eigenvalue weighted by atomic mass is 32.2. The Balaban J connectivity index is 1.68. The van der Waals surface area contributed by atoms with Crippen LogP contribution in [0.1, 0.15) is 33.6 Å². The summed E-state index contributed by atoms with van der Waals surface area (Å²) in [6, 6.07) is 6.49. The first-order valence-electron chi connectivity index (χ1n) is 7.98. The molecule has 2 heterocycles. The molecule has 1 saturated heterocycles. The summed E-state index contributed by atoms with van der Waals surface area (Å²) in [7, 11) is -3.57. The Morgan fingerprint density at radius 2 is 1.75 bits per heavy atom. The molecule has 3 rings (SSSR count). The Labute approximate surface area is 140 Å². The lowest BCUT2D eigenvalue weighted by atomic mass is 10.0. The minimum Gasteiger partial charge on any atom is -0.396 e. The molecule has 24 heavy (non-hydrogen) atoms. The molecule has 130 valence electrons. The third kappa shape index (κ3) is 3.09. The summed E-state index contributed by atoms with van der Waals surface area (Å²) < 4.78 is 26.3. The first-order chi connectivity index (χ1) is 11.4. The third-order valence-electron chi connectivity index (χ3n) is 4.58. The van der Waals surface area contributed by atoms with E-state index in [-0.39, 0.29) is 24.8 Å². The van der Waals surface area contributed by atoms with Crippen LogP contribution in [0.15, 0.2) is 24.3 Å². The lowest BCUT2D eigenvalue weighted by Crippen LogP contribution is -2.44. The number of hydrogen-bond donors (Lipinski definition) is 1.